The lowest BCUT2D eigenvalue weighted by Gasteiger charge is -2.19. The van der Waals surface area contributed by atoms with Crippen LogP contribution in [0.15, 0.2) is 18.2 Å². The lowest BCUT2D eigenvalue weighted by molar-refractivity contribution is -0.385. The molecule has 0 fully saturated rings. The topological polar surface area (TPSA) is 64.4 Å². The molecule has 0 radical (unpaired) electrons. The maximum atomic E-state index is 10.8. The maximum Gasteiger partial charge on any atom is 0.273 e. The normalized spacial score (nSPS) is 10.8. The minimum Gasteiger partial charge on any atom is -0.496 e. The second-order valence-corrected chi connectivity index (χ2v) is 4.42. The van der Waals surface area contributed by atoms with Crippen molar-refractivity contribution >= 4 is 5.69 Å². The van der Waals surface area contributed by atoms with Gasteiger partial charge in [-0.1, -0.05) is 5.92 Å². The number of nitrogens with one attached hydrogen (secondary N) is 1. The van der Waals surface area contributed by atoms with E-state index in [0.717, 1.165) is 5.56 Å². The summed E-state index contributed by atoms with van der Waals surface area (Å²) in [5, 5.41) is 13.9. The van der Waals surface area contributed by atoms with Crippen molar-refractivity contribution in [1.82, 2.24) is 5.32 Å². The van der Waals surface area contributed by atoms with Crippen molar-refractivity contribution in [3.8, 4) is 18.1 Å². The molecule has 0 aromatic heterocycles. The first-order chi connectivity index (χ1) is 8.38. The van der Waals surface area contributed by atoms with E-state index in [1.165, 1.54) is 19.2 Å². The summed E-state index contributed by atoms with van der Waals surface area (Å²) >= 11 is 0. The van der Waals surface area contributed by atoms with E-state index in [1.54, 1.807) is 6.07 Å². The number of non-ortho nitro benzene ring substituents is 1. The molecule has 0 aliphatic rings. The molecule has 1 N–H and O–H groups in total. The largest absolute Gasteiger partial charge is 0.496 e. The van der Waals surface area contributed by atoms with E-state index in [2.05, 4.69) is 11.2 Å². The maximum absolute atomic E-state index is 10.8. The van der Waals surface area contributed by atoms with Gasteiger partial charge in [0.2, 0.25) is 0 Å². The van der Waals surface area contributed by atoms with E-state index in [-0.39, 0.29) is 5.69 Å². The molecule has 0 aliphatic heterocycles. The van der Waals surface area contributed by atoms with Crippen LogP contribution in [0.25, 0.3) is 0 Å². The van der Waals surface area contributed by atoms with Gasteiger partial charge in [-0.25, -0.2) is 0 Å². The Hall–Kier alpha value is -2.06. The van der Waals surface area contributed by atoms with Gasteiger partial charge in [0.05, 0.1) is 23.6 Å². The predicted octanol–water partition coefficient (Wildman–Crippen LogP) is 2.10. The second-order valence-electron chi connectivity index (χ2n) is 4.42. The molecule has 1 rings (SSSR count). The summed E-state index contributed by atoms with van der Waals surface area (Å²) in [5.41, 5.74) is 0.298. The van der Waals surface area contributed by atoms with Crippen molar-refractivity contribution < 1.29 is 9.66 Å². The molecule has 1 aromatic rings. The molecule has 0 unspecified atom stereocenters. The highest BCUT2D eigenvalue weighted by molar-refractivity contribution is 5.42. The lowest BCUT2D eigenvalue weighted by Crippen LogP contribution is -2.36. The SMILES string of the molecule is C#CC(C)(C)NCc1cc(OC)cc([N+](=O)[O-])c1. The van der Waals surface area contributed by atoms with Crippen molar-refractivity contribution in [1.29, 1.82) is 0 Å². The van der Waals surface area contributed by atoms with Crippen molar-refractivity contribution in [2.24, 2.45) is 0 Å². The third-order valence-electron chi connectivity index (χ3n) is 2.49. The van der Waals surface area contributed by atoms with Crippen LogP contribution in [-0.4, -0.2) is 17.6 Å². The van der Waals surface area contributed by atoms with E-state index in [4.69, 9.17) is 11.2 Å². The van der Waals surface area contributed by atoms with Gasteiger partial charge in [0, 0.05) is 12.6 Å². The molecule has 0 atom stereocenters. The number of benzene rings is 1. The molecule has 0 saturated heterocycles. The van der Waals surface area contributed by atoms with Gasteiger partial charge in [-0.05, 0) is 25.5 Å². The molecule has 5 heteroatoms. The molecule has 0 aliphatic carbocycles. The Morgan fingerprint density at radius 3 is 2.67 bits per heavy atom. The molecule has 1 aromatic carbocycles. The van der Waals surface area contributed by atoms with Crippen LogP contribution in [0.3, 0.4) is 0 Å². The zero-order valence-electron chi connectivity index (χ0n) is 10.7. The monoisotopic (exact) mass is 248 g/mol. The Labute approximate surface area is 106 Å². The fraction of sp³-hybridized carbons (Fsp3) is 0.385. The number of nitro benzene ring substituents is 1. The Morgan fingerprint density at radius 2 is 2.17 bits per heavy atom. The molecular formula is C13H16N2O3. The van der Waals surface area contributed by atoms with E-state index >= 15 is 0 Å². The smallest absolute Gasteiger partial charge is 0.273 e. The van der Waals surface area contributed by atoms with Gasteiger partial charge < -0.3 is 4.74 Å². The van der Waals surface area contributed by atoms with E-state index in [0.29, 0.717) is 12.3 Å². The average Bonchev–Trinajstić information content (AvgIpc) is 2.36. The van der Waals surface area contributed by atoms with Gasteiger partial charge in [-0.3, -0.25) is 15.4 Å². The molecular weight excluding hydrogens is 232 g/mol. The Morgan fingerprint density at radius 1 is 1.50 bits per heavy atom. The first kappa shape index (κ1) is 14.0. The molecule has 0 amide bonds. The summed E-state index contributed by atoms with van der Waals surface area (Å²) in [6, 6.07) is 4.63. The first-order valence-electron chi connectivity index (χ1n) is 5.43. The van der Waals surface area contributed by atoms with Gasteiger partial charge in [0.25, 0.3) is 5.69 Å². The third-order valence-corrected chi connectivity index (χ3v) is 2.49. The fourth-order valence-corrected chi connectivity index (χ4v) is 1.34. The van der Waals surface area contributed by atoms with Crippen molar-refractivity contribution in [3.05, 3.63) is 33.9 Å². The van der Waals surface area contributed by atoms with E-state index < -0.39 is 10.5 Å². The molecule has 18 heavy (non-hydrogen) atoms. The minimum atomic E-state index is -0.460. The summed E-state index contributed by atoms with van der Waals surface area (Å²) in [6.45, 7) is 4.17. The summed E-state index contributed by atoms with van der Waals surface area (Å²) in [6.07, 6.45) is 5.36. The summed E-state index contributed by atoms with van der Waals surface area (Å²) < 4.78 is 5.03. The third kappa shape index (κ3) is 3.75. The zero-order valence-corrected chi connectivity index (χ0v) is 10.7. The standard InChI is InChI=1S/C13H16N2O3/c1-5-13(2,3)14-9-10-6-11(15(16)17)8-12(7-10)18-4/h1,6-8,14H,9H2,2-4H3. The predicted molar refractivity (Wildman–Crippen MR) is 69.4 cm³/mol. The Kier molecular flexibility index (Phi) is 4.29. The number of nitrogens with zero attached hydrogens (tertiary/aromatic N) is 1. The highest BCUT2D eigenvalue weighted by Gasteiger charge is 2.14. The molecule has 0 heterocycles. The number of ether oxygens (including phenoxy) is 1. The van der Waals surface area contributed by atoms with Crippen molar-refractivity contribution in [3.63, 3.8) is 0 Å². The zero-order chi connectivity index (χ0) is 13.8. The number of nitro groups is 1. The second kappa shape index (κ2) is 5.52. The lowest BCUT2D eigenvalue weighted by atomic mass is 10.1. The van der Waals surface area contributed by atoms with Crippen LogP contribution in [0.2, 0.25) is 0 Å². The van der Waals surface area contributed by atoms with Gasteiger partial charge in [0.15, 0.2) is 0 Å². The Balaban J connectivity index is 2.92. The van der Waals surface area contributed by atoms with Gasteiger partial charge in [-0.15, -0.1) is 6.42 Å². The van der Waals surface area contributed by atoms with Crippen LogP contribution >= 0.6 is 0 Å². The number of terminal acetylenes is 1. The molecule has 0 bridgehead atoms. The highest BCUT2D eigenvalue weighted by Crippen LogP contribution is 2.22. The molecule has 5 nitrogen and oxygen atoms in total. The number of rotatable bonds is 5. The molecule has 0 saturated carbocycles. The summed E-state index contributed by atoms with van der Waals surface area (Å²) in [4.78, 5) is 10.3. The number of methoxy groups -OCH3 is 1. The van der Waals surface area contributed by atoms with E-state index in [9.17, 15) is 10.1 Å². The van der Waals surface area contributed by atoms with Crippen molar-refractivity contribution in [2.45, 2.75) is 25.9 Å². The summed E-state index contributed by atoms with van der Waals surface area (Å²) in [7, 11) is 1.47. The van der Waals surface area contributed by atoms with Crippen LogP contribution in [0.4, 0.5) is 5.69 Å². The van der Waals surface area contributed by atoms with Gasteiger partial charge in [-0.2, -0.15) is 0 Å². The molecule has 96 valence electrons. The van der Waals surface area contributed by atoms with Gasteiger partial charge >= 0.3 is 0 Å². The van der Waals surface area contributed by atoms with Crippen LogP contribution in [0.5, 0.6) is 5.75 Å². The van der Waals surface area contributed by atoms with Crippen LogP contribution in [-0.2, 0) is 6.54 Å². The average molecular weight is 248 g/mol. The first-order valence-corrected chi connectivity index (χ1v) is 5.43. The van der Waals surface area contributed by atoms with E-state index in [1.807, 2.05) is 13.8 Å². The van der Waals surface area contributed by atoms with Crippen LogP contribution < -0.4 is 10.1 Å². The number of hydrogen-bond donors (Lipinski definition) is 1. The summed E-state index contributed by atoms with van der Waals surface area (Å²) in [5.74, 6) is 3.06. The van der Waals surface area contributed by atoms with Gasteiger partial charge in [0.1, 0.15) is 5.75 Å². The quantitative estimate of drug-likeness (QED) is 0.492. The minimum absolute atomic E-state index is 0.00432. The van der Waals surface area contributed by atoms with Crippen molar-refractivity contribution in [2.75, 3.05) is 7.11 Å². The highest BCUT2D eigenvalue weighted by atomic mass is 16.6. The Bertz CT molecular complexity index is 489. The molecule has 0 spiro atoms. The van der Waals surface area contributed by atoms with Crippen LogP contribution in [0.1, 0.15) is 19.4 Å². The fourth-order valence-electron chi connectivity index (χ4n) is 1.34. The number of hydrogen-bond acceptors (Lipinski definition) is 4. The van der Waals surface area contributed by atoms with Crippen LogP contribution in [0, 0.1) is 22.5 Å².